The maximum absolute atomic E-state index is 11.9. The zero-order chi connectivity index (χ0) is 14.5. The number of anilines is 1. The van der Waals surface area contributed by atoms with Gasteiger partial charge in [-0.25, -0.2) is 9.97 Å². The molecule has 1 amide bonds. The number of carbonyl (C=O) groups excluding carboxylic acids is 1. The molecule has 0 aliphatic carbocycles. The molecule has 0 aliphatic rings. The van der Waals surface area contributed by atoms with Crippen LogP contribution in [-0.4, -0.2) is 26.6 Å². The summed E-state index contributed by atoms with van der Waals surface area (Å²) in [6.45, 7) is 0. The van der Waals surface area contributed by atoms with Crippen LogP contribution >= 0.6 is 11.8 Å². The van der Waals surface area contributed by atoms with Crippen LogP contribution in [0.25, 0.3) is 10.9 Å². The first kappa shape index (κ1) is 13.5. The summed E-state index contributed by atoms with van der Waals surface area (Å²) >= 11 is 1.45. The Morgan fingerprint density at radius 3 is 2.62 bits per heavy atom. The third-order valence-corrected chi connectivity index (χ3v) is 3.82. The monoisotopic (exact) mass is 296 g/mol. The SMILES string of the molecule is O=C(CSc1cccc2cccnc12)Nc1ncccn1. The van der Waals surface area contributed by atoms with Crippen LogP contribution in [0.4, 0.5) is 5.95 Å². The van der Waals surface area contributed by atoms with Crippen molar-refractivity contribution < 1.29 is 4.79 Å². The largest absolute Gasteiger partial charge is 0.294 e. The predicted molar refractivity (Wildman–Crippen MR) is 83.1 cm³/mol. The van der Waals surface area contributed by atoms with E-state index in [9.17, 15) is 4.79 Å². The molecular formula is C15H12N4OS. The van der Waals surface area contributed by atoms with Crippen LogP contribution in [0.5, 0.6) is 0 Å². The van der Waals surface area contributed by atoms with Gasteiger partial charge in [-0.2, -0.15) is 0 Å². The van der Waals surface area contributed by atoms with Gasteiger partial charge in [0.25, 0.3) is 0 Å². The number of nitrogens with one attached hydrogen (secondary N) is 1. The molecule has 0 saturated carbocycles. The molecule has 21 heavy (non-hydrogen) atoms. The third-order valence-electron chi connectivity index (χ3n) is 2.77. The van der Waals surface area contributed by atoms with Crippen LogP contribution in [-0.2, 0) is 4.79 Å². The Labute approximate surface area is 125 Å². The number of para-hydroxylation sites is 1. The first-order chi connectivity index (χ1) is 10.3. The van der Waals surface area contributed by atoms with Gasteiger partial charge in [-0.15, -0.1) is 11.8 Å². The Balaban J connectivity index is 1.68. The van der Waals surface area contributed by atoms with Gasteiger partial charge in [-0.3, -0.25) is 15.1 Å². The molecular weight excluding hydrogens is 284 g/mol. The van der Waals surface area contributed by atoms with Gasteiger partial charge < -0.3 is 0 Å². The van der Waals surface area contributed by atoms with Crippen molar-refractivity contribution in [3.05, 3.63) is 55.0 Å². The van der Waals surface area contributed by atoms with Gasteiger partial charge in [0, 0.05) is 28.9 Å². The highest BCUT2D eigenvalue weighted by molar-refractivity contribution is 8.00. The average Bonchev–Trinajstić information content (AvgIpc) is 2.54. The smallest absolute Gasteiger partial charge is 0.237 e. The van der Waals surface area contributed by atoms with Gasteiger partial charge in [-0.05, 0) is 18.2 Å². The highest BCUT2D eigenvalue weighted by Crippen LogP contribution is 2.25. The van der Waals surface area contributed by atoms with Gasteiger partial charge in [0.1, 0.15) is 0 Å². The van der Waals surface area contributed by atoms with Crippen molar-refractivity contribution >= 4 is 34.5 Å². The Hall–Kier alpha value is -2.47. The lowest BCUT2D eigenvalue weighted by Crippen LogP contribution is -2.15. The van der Waals surface area contributed by atoms with Crippen molar-refractivity contribution in [2.45, 2.75) is 4.90 Å². The van der Waals surface area contributed by atoms with Crippen LogP contribution in [0.15, 0.2) is 59.9 Å². The zero-order valence-electron chi connectivity index (χ0n) is 11.1. The quantitative estimate of drug-likeness (QED) is 0.750. The van der Waals surface area contributed by atoms with Crippen LogP contribution in [0, 0.1) is 0 Å². The first-order valence-electron chi connectivity index (χ1n) is 6.36. The van der Waals surface area contributed by atoms with E-state index in [1.807, 2.05) is 30.3 Å². The predicted octanol–water partition coefficient (Wildman–Crippen LogP) is 2.76. The summed E-state index contributed by atoms with van der Waals surface area (Å²) in [5.41, 5.74) is 0.911. The molecule has 5 nitrogen and oxygen atoms in total. The molecule has 0 fully saturated rings. The molecule has 1 N–H and O–H groups in total. The fourth-order valence-electron chi connectivity index (χ4n) is 1.86. The fourth-order valence-corrected chi connectivity index (χ4v) is 2.70. The van der Waals surface area contributed by atoms with Crippen LogP contribution in [0.2, 0.25) is 0 Å². The summed E-state index contributed by atoms with van der Waals surface area (Å²) in [7, 11) is 0. The zero-order valence-corrected chi connectivity index (χ0v) is 11.9. The van der Waals surface area contributed by atoms with E-state index in [-0.39, 0.29) is 11.7 Å². The summed E-state index contributed by atoms with van der Waals surface area (Å²) < 4.78 is 0. The van der Waals surface area contributed by atoms with Crippen molar-refractivity contribution in [3.63, 3.8) is 0 Å². The van der Waals surface area contributed by atoms with Crippen LogP contribution < -0.4 is 5.32 Å². The Morgan fingerprint density at radius 2 is 1.76 bits per heavy atom. The molecule has 2 aromatic heterocycles. The molecule has 0 atom stereocenters. The summed E-state index contributed by atoms with van der Waals surface area (Å²) in [6.07, 6.45) is 4.93. The van der Waals surface area contributed by atoms with Crippen molar-refractivity contribution in [2.24, 2.45) is 0 Å². The van der Waals surface area contributed by atoms with E-state index in [1.54, 1.807) is 24.7 Å². The number of hydrogen-bond donors (Lipinski definition) is 1. The van der Waals surface area contributed by atoms with E-state index in [4.69, 9.17) is 0 Å². The van der Waals surface area contributed by atoms with E-state index in [2.05, 4.69) is 20.3 Å². The molecule has 0 saturated heterocycles. The van der Waals surface area contributed by atoms with Gasteiger partial charge in [0.2, 0.25) is 11.9 Å². The fraction of sp³-hybridized carbons (Fsp3) is 0.0667. The van der Waals surface area contributed by atoms with Gasteiger partial charge >= 0.3 is 0 Å². The second-order valence-electron chi connectivity index (χ2n) is 4.24. The lowest BCUT2D eigenvalue weighted by atomic mass is 10.2. The topological polar surface area (TPSA) is 67.8 Å². The average molecular weight is 296 g/mol. The number of pyridine rings is 1. The molecule has 3 aromatic rings. The number of fused-ring (bicyclic) bond motifs is 1. The number of hydrogen-bond acceptors (Lipinski definition) is 5. The molecule has 1 aromatic carbocycles. The normalized spacial score (nSPS) is 10.5. The minimum atomic E-state index is -0.140. The molecule has 3 rings (SSSR count). The van der Waals surface area contributed by atoms with Crippen molar-refractivity contribution in [3.8, 4) is 0 Å². The number of carbonyl (C=O) groups is 1. The first-order valence-corrected chi connectivity index (χ1v) is 7.35. The second-order valence-corrected chi connectivity index (χ2v) is 5.26. The Morgan fingerprint density at radius 1 is 1.00 bits per heavy atom. The molecule has 0 radical (unpaired) electrons. The van der Waals surface area contributed by atoms with Gasteiger partial charge in [0.05, 0.1) is 11.3 Å². The highest BCUT2D eigenvalue weighted by Gasteiger charge is 2.07. The van der Waals surface area contributed by atoms with Crippen molar-refractivity contribution in [1.29, 1.82) is 0 Å². The molecule has 2 heterocycles. The van der Waals surface area contributed by atoms with E-state index in [1.165, 1.54) is 11.8 Å². The standard InChI is InChI=1S/C15H12N4OS/c20-13(19-15-17-8-3-9-18-15)10-21-12-6-1-4-11-5-2-7-16-14(11)12/h1-9H,10H2,(H,17,18,19,20). The number of nitrogens with zero attached hydrogens (tertiary/aromatic N) is 3. The maximum atomic E-state index is 11.9. The molecule has 0 bridgehead atoms. The van der Waals surface area contributed by atoms with Gasteiger partial charge in [0.15, 0.2) is 0 Å². The summed E-state index contributed by atoms with van der Waals surface area (Å²) in [5, 5.41) is 3.72. The molecule has 0 unspecified atom stereocenters. The number of amides is 1. The summed E-state index contributed by atoms with van der Waals surface area (Å²) in [5.74, 6) is 0.465. The molecule has 6 heteroatoms. The Bertz CT molecular complexity index is 758. The van der Waals surface area contributed by atoms with Crippen LogP contribution in [0.3, 0.4) is 0 Å². The van der Waals surface area contributed by atoms with Crippen molar-refractivity contribution in [2.75, 3.05) is 11.1 Å². The van der Waals surface area contributed by atoms with Crippen molar-refractivity contribution in [1.82, 2.24) is 15.0 Å². The summed E-state index contributed by atoms with van der Waals surface area (Å²) in [6, 6.07) is 11.5. The molecule has 104 valence electrons. The Kier molecular flexibility index (Phi) is 4.07. The maximum Gasteiger partial charge on any atom is 0.237 e. The third kappa shape index (κ3) is 3.35. The van der Waals surface area contributed by atoms with Crippen LogP contribution in [0.1, 0.15) is 0 Å². The number of thioether (sulfide) groups is 1. The van der Waals surface area contributed by atoms with E-state index >= 15 is 0 Å². The summed E-state index contributed by atoms with van der Waals surface area (Å²) in [4.78, 5) is 25.2. The number of aromatic nitrogens is 3. The lowest BCUT2D eigenvalue weighted by molar-refractivity contribution is -0.113. The number of benzene rings is 1. The molecule has 0 aliphatic heterocycles. The van der Waals surface area contributed by atoms with E-state index in [0.29, 0.717) is 5.95 Å². The van der Waals surface area contributed by atoms with Gasteiger partial charge in [-0.1, -0.05) is 18.2 Å². The molecule has 0 spiro atoms. The van der Waals surface area contributed by atoms with E-state index < -0.39 is 0 Å². The second kappa shape index (κ2) is 6.32. The minimum absolute atomic E-state index is 0.140. The highest BCUT2D eigenvalue weighted by atomic mass is 32.2. The lowest BCUT2D eigenvalue weighted by Gasteiger charge is -2.05. The minimum Gasteiger partial charge on any atom is -0.294 e. The number of rotatable bonds is 4. The van der Waals surface area contributed by atoms with E-state index in [0.717, 1.165) is 15.8 Å².